The molecule has 8 heteroatoms. The van der Waals surface area contributed by atoms with Gasteiger partial charge in [0.15, 0.2) is 0 Å². The number of fused-ring (bicyclic) bond motifs is 1. The molecule has 0 aliphatic rings. The third-order valence-corrected chi connectivity index (χ3v) is 3.14. The molecule has 1 aromatic carbocycles. The van der Waals surface area contributed by atoms with Crippen LogP contribution in [0.3, 0.4) is 0 Å². The van der Waals surface area contributed by atoms with Crippen molar-refractivity contribution in [2.45, 2.75) is 6.18 Å². The Kier molecular flexibility index (Phi) is 3.09. The van der Waals surface area contributed by atoms with Crippen LogP contribution in [0.25, 0.3) is 16.6 Å². The molecule has 0 aliphatic heterocycles. The molecule has 0 spiro atoms. The number of halogens is 3. The number of nitrogens with one attached hydrogen (secondary N) is 1. The molecule has 3 rings (SSSR count). The van der Waals surface area contributed by atoms with Crippen LogP contribution in [0.2, 0.25) is 0 Å². The van der Waals surface area contributed by atoms with Crippen molar-refractivity contribution in [3.63, 3.8) is 0 Å². The molecule has 0 aliphatic carbocycles. The quantitative estimate of drug-likeness (QED) is 0.748. The van der Waals surface area contributed by atoms with Crippen molar-refractivity contribution in [3.8, 4) is 5.69 Å². The first-order valence-electron chi connectivity index (χ1n) is 6.14. The molecule has 112 valence electrons. The van der Waals surface area contributed by atoms with Crippen molar-refractivity contribution in [1.82, 2.24) is 14.5 Å². The lowest BCUT2D eigenvalue weighted by Crippen LogP contribution is -2.29. The summed E-state index contributed by atoms with van der Waals surface area (Å²) in [5.41, 5.74) is -2.15. The Morgan fingerprint density at radius 2 is 1.91 bits per heavy atom. The SMILES string of the molecule is O=c1[nH]c(=O)n(-c2cccc(C(F)(F)F)c2)c2ccncc12. The Hall–Kier alpha value is -2.90. The minimum Gasteiger partial charge on any atom is -0.273 e. The third-order valence-electron chi connectivity index (χ3n) is 3.14. The van der Waals surface area contributed by atoms with Crippen molar-refractivity contribution < 1.29 is 13.2 Å². The highest BCUT2D eigenvalue weighted by atomic mass is 19.4. The van der Waals surface area contributed by atoms with Crippen LogP contribution >= 0.6 is 0 Å². The molecular weight excluding hydrogens is 299 g/mol. The summed E-state index contributed by atoms with van der Waals surface area (Å²) in [4.78, 5) is 29.6. The highest BCUT2D eigenvalue weighted by Gasteiger charge is 2.30. The number of rotatable bonds is 1. The molecule has 2 heterocycles. The molecule has 0 radical (unpaired) electrons. The molecule has 0 atom stereocenters. The maximum atomic E-state index is 12.8. The molecule has 0 unspecified atom stereocenters. The number of alkyl halides is 3. The van der Waals surface area contributed by atoms with Gasteiger partial charge in [-0.05, 0) is 24.3 Å². The van der Waals surface area contributed by atoms with Crippen molar-refractivity contribution in [2.75, 3.05) is 0 Å². The molecule has 5 nitrogen and oxygen atoms in total. The summed E-state index contributed by atoms with van der Waals surface area (Å²) in [7, 11) is 0. The minimum absolute atomic E-state index is 0.00674. The smallest absolute Gasteiger partial charge is 0.273 e. The number of hydrogen-bond acceptors (Lipinski definition) is 3. The van der Waals surface area contributed by atoms with Crippen LogP contribution in [-0.2, 0) is 6.18 Å². The molecule has 2 aromatic heterocycles. The molecule has 0 bridgehead atoms. The first-order valence-corrected chi connectivity index (χ1v) is 6.14. The number of pyridine rings is 1. The molecule has 0 saturated carbocycles. The first-order chi connectivity index (χ1) is 10.4. The number of aromatic amines is 1. The number of benzene rings is 1. The summed E-state index contributed by atoms with van der Waals surface area (Å²) in [6.07, 6.45) is -1.93. The van der Waals surface area contributed by atoms with Crippen molar-refractivity contribution >= 4 is 10.9 Å². The zero-order chi connectivity index (χ0) is 15.9. The molecule has 1 N–H and O–H groups in total. The number of nitrogens with zero attached hydrogens (tertiary/aromatic N) is 2. The lowest BCUT2D eigenvalue weighted by Gasteiger charge is -2.12. The average molecular weight is 307 g/mol. The van der Waals surface area contributed by atoms with Gasteiger partial charge in [-0.1, -0.05) is 6.07 Å². The second-order valence-electron chi connectivity index (χ2n) is 4.54. The van der Waals surface area contributed by atoms with Gasteiger partial charge in [-0.2, -0.15) is 13.2 Å². The van der Waals surface area contributed by atoms with E-state index in [0.29, 0.717) is 0 Å². The van der Waals surface area contributed by atoms with Crippen molar-refractivity contribution in [1.29, 1.82) is 0 Å². The van der Waals surface area contributed by atoms with E-state index < -0.39 is 23.0 Å². The molecule has 3 aromatic rings. The summed E-state index contributed by atoms with van der Waals surface area (Å²) in [5, 5.41) is 0.111. The van der Waals surface area contributed by atoms with Crippen LogP contribution < -0.4 is 11.2 Å². The monoisotopic (exact) mass is 307 g/mol. The van der Waals surface area contributed by atoms with Gasteiger partial charge in [0.05, 0.1) is 22.2 Å². The largest absolute Gasteiger partial charge is 0.416 e. The van der Waals surface area contributed by atoms with E-state index in [2.05, 4.69) is 9.97 Å². The second-order valence-corrected chi connectivity index (χ2v) is 4.54. The Morgan fingerprint density at radius 3 is 2.64 bits per heavy atom. The van der Waals surface area contributed by atoms with E-state index in [1.807, 2.05) is 0 Å². The topological polar surface area (TPSA) is 67.8 Å². The van der Waals surface area contributed by atoms with E-state index >= 15 is 0 Å². The standard InChI is InChI=1S/C14H8F3N3O2/c15-14(16,17)8-2-1-3-9(6-8)20-11-4-5-18-7-10(11)12(21)19-13(20)22/h1-7H,(H,19,21,22). The van der Waals surface area contributed by atoms with Gasteiger partial charge in [-0.3, -0.25) is 19.3 Å². The average Bonchev–Trinajstić information content (AvgIpc) is 2.47. The molecule has 22 heavy (non-hydrogen) atoms. The van der Waals surface area contributed by atoms with Crippen LogP contribution in [0.15, 0.2) is 52.3 Å². The molecule has 0 amide bonds. The summed E-state index contributed by atoms with van der Waals surface area (Å²) in [6, 6.07) is 5.70. The van der Waals surface area contributed by atoms with E-state index in [0.717, 1.165) is 16.7 Å². The summed E-state index contributed by atoms with van der Waals surface area (Å²) < 4.78 is 39.4. The van der Waals surface area contributed by atoms with Crippen LogP contribution in [0.4, 0.5) is 13.2 Å². The second kappa shape index (κ2) is 4.83. The minimum atomic E-state index is -4.53. The maximum absolute atomic E-state index is 12.8. The van der Waals surface area contributed by atoms with Crippen LogP contribution in [0.5, 0.6) is 0 Å². The highest BCUT2D eigenvalue weighted by Crippen LogP contribution is 2.30. The normalized spacial score (nSPS) is 11.8. The van der Waals surface area contributed by atoms with Crippen molar-refractivity contribution in [2.24, 2.45) is 0 Å². The first kappa shape index (κ1) is 14.1. The Morgan fingerprint density at radius 1 is 1.14 bits per heavy atom. The summed E-state index contributed by atoms with van der Waals surface area (Å²) in [6.45, 7) is 0. The van der Waals surface area contributed by atoms with E-state index in [4.69, 9.17) is 0 Å². The van der Waals surface area contributed by atoms with E-state index in [1.54, 1.807) is 0 Å². The summed E-state index contributed by atoms with van der Waals surface area (Å²) >= 11 is 0. The lowest BCUT2D eigenvalue weighted by molar-refractivity contribution is -0.137. The Labute approximate surface area is 120 Å². The molecule has 0 fully saturated rings. The van der Waals surface area contributed by atoms with Crippen LogP contribution in [0, 0.1) is 0 Å². The predicted molar refractivity (Wildman–Crippen MR) is 73.0 cm³/mol. The van der Waals surface area contributed by atoms with Gasteiger partial charge in [0.1, 0.15) is 0 Å². The van der Waals surface area contributed by atoms with Gasteiger partial charge in [0.2, 0.25) is 0 Å². The van der Waals surface area contributed by atoms with E-state index in [-0.39, 0.29) is 16.6 Å². The fraction of sp³-hybridized carbons (Fsp3) is 0.0714. The zero-order valence-electron chi connectivity index (χ0n) is 10.9. The highest BCUT2D eigenvalue weighted by molar-refractivity contribution is 5.78. The number of aromatic nitrogens is 3. The van der Waals surface area contributed by atoms with Gasteiger partial charge in [0, 0.05) is 12.4 Å². The van der Waals surface area contributed by atoms with E-state index in [1.165, 1.54) is 30.6 Å². The lowest BCUT2D eigenvalue weighted by atomic mass is 10.2. The Balaban J connectivity index is 2.37. The fourth-order valence-corrected chi connectivity index (χ4v) is 2.16. The van der Waals surface area contributed by atoms with Gasteiger partial charge in [-0.25, -0.2) is 4.79 Å². The van der Waals surface area contributed by atoms with Crippen molar-refractivity contribution in [3.05, 3.63) is 69.1 Å². The van der Waals surface area contributed by atoms with Gasteiger partial charge < -0.3 is 0 Å². The zero-order valence-corrected chi connectivity index (χ0v) is 10.9. The third kappa shape index (κ3) is 2.28. The number of hydrogen-bond donors (Lipinski definition) is 1. The van der Waals surface area contributed by atoms with Gasteiger partial charge >= 0.3 is 11.9 Å². The predicted octanol–water partition coefficient (Wildman–Crippen LogP) is 2.09. The number of H-pyrrole nitrogens is 1. The van der Waals surface area contributed by atoms with Crippen LogP contribution in [0.1, 0.15) is 5.56 Å². The molecule has 0 saturated heterocycles. The van der Waals surface area contributed by atoms with E-state index in [9.17, 15) is 22.8 Å². The van der Waals surface area contributed by atoms with Gasteiger partial charge in [-0.15, -0.1) is 0 Å². The fourth-order valence-electron chi connectivity index (χ4n) is 2.16. The summed E-state index contributed by atoms with van der Waals surface area (Å²) in [5.74, 6) is 0. The maximum Gasteiger partial charge on any atom is 0.416 e. The van der Waals surface area contributed by atoms with Crippen LogP contribution in [-0.4, -0.2) is 14.5 Å². The van der Waals surface area contributed by atoms with Gasteiger partial charge in [0.25, 0.3) is 5.56 Å². The Bertz CT molecular complexity index is 973. The molecular formula is C14H8F3N3O2.